The number of hydrogen-bond donors (Lipinski definition) is 1. The predicted octanol–water partition coefficient (Wildman–Crippen LogP) is 3.50. The topological polar surface area (TPSA) is 21.3 Å². The van der Waals surface area contributed by atoms with Gasteiger partial charge < -0.3 is 10.1 Å². The Bertz CT molecular complexity index is 302. The number of morpholine rings is 1. The Morgan fingerprint density at radius 1 is 1.06 bits per heavy atom. The van der Waals surface area contributed by atoms with Crippen LogP contribution in [0.5, 0.6) is 0 Å². The molecule has 0 aromatic heterocycles. The average Bonchev–Trinajstić information content (AvgIpc) is 2.34. The molecule has 3 aliphatic rings. The lowest BCUT2D eigenvalue weighted by Crippen LogP contribution is -2.61. The van der Waals surface area contributed by atoms with Gasteiger partial charge in [-0.25, -0.2) is 0 Å². The molecule has 1 aliphatic heterocycles. The first-order valence-electron chi connectivity index (χ1n) is 7.89. The van der Waals surface area contributed by atoms with Crippen LogP contribution in [0, 0.1) is 11.3 Å². The zero-order valence-electron chi connectivity index (χ0n) is 12.3. The van der Waals surface area contributed by atoms with Crippen LogP contribution >= 0.6 is 0 Å². The van der Waals surface area contributed by atoms with Crippen molar-refractivity contribution in [2.45, 2.75) is 83.5 Å². The minimum absolute atomic E-state index is 0.178. The van der Waals surface area contributed by atoms with Crippen LogP contribution < -0.4 is 5.32 Å². The van der Waals surface area contributed by atoms with Crippen LogP contribution in [0.15, 0.2) is 0 Å². The van der Waals surface area contributed by atoms with Crippen molar-refractivity contribution in [2.24, 2.45) is 11.3 Å². The van der Waals surface area contributed by atoms with Crippen molar-refractivity contribution in [2.75, 3.05) is 6.54 Å². The first-order chi connectivity index (χ1) is 8.48. The van der Waals surface area contributed by atoms with Crippen molar-refractivity contribution in [3.05, 3.63) is 0 Å². The standard InChI is InChI=1S/C16H29NO/c1-12-4-5-14-13(10-12)17-11-16(18-14)8-6-15(2,3)7-9-16/h12-14,17H,4-11H2,1-3H3. The van der Waals surface area contributed by atoms with E-state index in [0.717, 1.165) is 12.5 Å². The van der Waals surface area contributed by atoms with E-state index >= 15 is 0 Å². The summed E-state index contributed by atoms with van der Waals surface area (Å²) >= 11 is 0. The van der Waals surface area contributed by atoms with Crippen LogP contribution in [-0.2, 0) is 4.74 Å². The first kappa shape index (κ1) is 12.9. The van der Waals surface area contributed by atoms with E-state index in [0.29, 0.717) is 17.6 Å². The van der Waals surface area contributed by atoms with Crippen molar-refractivity contribution >= 4 is 0 Å². The van der Waals surface area contributed by atoms with Gasteiger partial charge in [0.15, 0.2) is 0 Å². The third-order valence-corrected chi connectivity index (χ3v) is 5.65. The molecule has 2 saturated carbocycles. The van der Waals surface area contributed by atoms with Crippen molar-refractivity contribution in [3.8, 4) is 0 Å². The maximum Gasteiger partial charge on any atom is 0.0811 e. The Hall–Kier alpha value is -0.0800. The monoisotopic (exact) mass is 251 g/mol. The molecule has 0 bridgehead atoms. The summed E-state index contributed by atoms with van der Waals surface area (Å²) in [6, 6.07) is 0.634. The SMILES string of the molecule is CC1CCC2OC3(CCC(C)(C)CC3)CNC2C1. The molecule has 104 valence electrons. The highest BCUT2D eigenvalue weighted by molar-refractivity contribution is 4.99. The fourth-order valence-corrected chi connectivity index (χ4v) is 4.07. The van der Waals surface area contributed by atoms with Gasteiger partial charge in [-0.1, -0.05) is 20.8 Å². The van der Waals surface area contributed by atoms with Crippen molar-refractivity contribution in [1.29, 1.82) is 0 Å². The van der Waals surface area contributed by atoms with Crippen LogP contribution in [-0.4, -0.2) is 24.3 Å². The van der Waals surface area contributed by atoms with Crippen LogP contribution in [0.1, 0.15) is 65.7 Å². The smallest absolute Gasteiger partial charge is 0.0811 e. The van der Waals surface area contributed by atoms with Gasteiger partial charge >= 0.3 is 0 Å². The molecular formula is C16H29NO. The third-order valence-electron chi connectivity index (χ3n) is 5.65. The predicted molar refractivity (Wildman–Crippen MR) is 74.7 cm³/mol. The molecule has 1 N–H and O–H groups in total. The maximum atomic E-state index is 6.60. The first-order valence-corrected chi connectivity index (χ1v) is 7.89. The van der Waals surface area contributed by atoms with Gasteiger partial charge in [-0.2, -0.15) is 0 Å². The van der Waals surface area contributed by atoms with Crippen LogP contribution in [0.25, 0.3) is 0 Å². The summed E-state index contributed by atoms with van der Waals surface area (Å²) in [4.78, 5) is 0. The van der Waals surface area contributed by atoms with Crippen molar-refractivity contribution < 1.29 is 4.74 Å². The van der Waals surface area contributed by atoms with Gasteiger partial charge in [0.2, 0.25) is 0 Å². The fourth-order valence-electron chi connectivity index (χ4n) is 4.07. The van der Waals surface area contributed by atoms with Gasteiger partial charge in [0, 0.05) is 12.6 Å². The zero-order valence-corrected chi connectivity index (χ0v) is 12.3. The summed E-state index contributed by atoms with van der Waals surface area (Å²) in [6.45, 7) is 8.28. The Labute approximate surface area is 112 Å². The Morgan fingerprint density at radius 3 is 2.50 bits per heavy atom. The molecule has 1 heterocycles. The van der Waals surface area contributed by atoms with E-state index in [1.807, 2.05) is 0 Å². The van der Waals surface area contributed by atoms with Gasteiger partial charge in [-0.15, -0.1) is 0 Å². The Balaban J connectivity index is 1.64. The summed E-state index contributed by atoms with van der Waals surface area (Å²) in [5.74, 6) is 0.877. The van der Waals surface area contributed by atoms with E-state index < -0.39 is 0 Å². The second-order valence-electron chi connectivity index (χ2n) is 7.91. The quantitative estimate of drug-likeness (QED) is 0.711. The Morgan fingerprint density at radius 2 is 1.78 bits per heavy atom. The van der Waals surface area contributed by atoms with Gasteiger partial charge in [-0.05, 0) is 56.3 Å². The van der Waals surface area contributed by atoms with Crippen molar-refractivity contribution in [1.82, 2.24) is 5.32 Å². The van der Waals surface area contributed by atoms with Crippen LogP contribution in [0.2, 0.25) is 0 Å². The van der Waals surface area contributed by atoms with E-state index in [1.54, 1.807) is 0 Å². The largest absolute Gasteiger partial charge is 0.369 e. The van der Waals surface area contributed by atoms with E-state index in [9.17, 15) is 0 Å². The van der Waals surface area contributed by atoms with E-state index in [2.05, 4.69) is 26.1 Å². The minimum atomic E-state index is 0.178. The summed E-state index contributed by atoms with van der Waals surface area (Å²) in [7, 11) is 0. The Kier molecular flexibility index (Phi) is 3.22. The van der Waals surface area contributed by atoms with E-state index in [4.69, 9.17) is 4.74 Å². The molecule has 0 aromatic carbocycles. The number of rotatable bonds is 0. The summed E-state index contributed by atoms with van der Waals surface area (Å²) in [5.41, 5.74) is 0.712. The number of ether oxygens (including phenoxy) is 1. The molecule has 2 aliphatic carbocycles. The molecule has 2 nitrogen and oxygen atoms in total. The lowest BCUT2D eigenvalue weighted by Gasteiger charge is -2.52. The van der Waals surface area contributed by atoms with E-state index in [-0.39, 0.29) is 5.60 Å². The highest BCUT2D eigenvalue weighted by Crippen LogP contribution is 2.45. The molecule has 2 heteroatoms. The molecule has 0 aromatic rings. The van der Waals surface area contributed by atoms with Gasteiger partial charge in [0.1, 0.15) is 0 Å². The highest BCUT2D eigenvalue weighted by Gasteiger charge is 2.46. The van der Waals surface area contributed by atoms with Crippen LogP contribution in [0.3, 0.4) is 0 Å². The van der Waals surface area contributed by atoms with E-state index in [1.165, 1.54) is 44.9 Å². The molecular weight excluding hydrogens is 222 g/mol. The molecule has 0 radical (unpaired) electrons. The lowest BCUT2D eigenvalue weighted by atomic mass is 9.69. The molecule has 3 unspecified atom stereocenters. The van der Waals surface area contributed by atoms with Gasteiger partial charge in [0.05, 0.1) is 11.7 Å². The zero-order chi connectivity index (χ0) is 12.8. The van der Waals surface area contributed by atoms with Gasteiger partial charge in [-0.3, -0.25) is 0 Å². The summed E-state index contributed by atoms with van der Waals surface area (Å²) in [5, 5.41) is 3.81. The van der Waals surface area contributed by atoms with Crippen LogP contribution in [0.4, 0.5) is 0 Å². The number of hydrogen-bond acceptors (Lipinski definition) is 2. The second kappa shape index (κ2) is 4.49. The molecule has 3 atom stereocenters. The molecule has 3 rings (SSSR count). The molecule has 1 saturated heterocycles. The van der Waals surface area contributed by atoms with Gasteiger partial charge in [0.25, 0.3) is 0 Å². The molecule has 1 spiro atoms. The second-order valence-corrected chi connectivity index (χ2v) is 7.91. The number of nitrogens with one attached hydrogen (secondary N) is 1. The minimum Gasteiger partial charge on any atom is -0.369 e. The average molecular weight is 251 g/mol. The highest BCUT2D eigenvalue weighted by atomic mass is 16.5. The fraction of sp³-hybridized carbons (Fsp3) is 1.00. The molecule has 18 heavy (non-hydrogen) atoms. The maximum absolute atomic E-state index is 6.60. The summed E-state index contributed by atoms with van der Waals surface area (Å²) < 4.78 is 6.60. The molecule has 3 fully saturated rings. The van der Waals surface area contributed by atoms with Crippen molar-refractivity contribution in [3.63, 3.8) is 0 Å². The third kappa shape index (κ3) is 2.46. The summed E-state index contributed by atoms with van der Waals surface area (Å²) in [6.07, 6.45) is 9.58. The normalized spacial score (nSPS) is 42.5. The number of fused-ring (bicyclic) bond motifs is 1. The lowest BCUT2D eigenvalue weighted by molar-refractivity contribution is -0.172. The molecule has 0 amide bonds.